The van der Waals surface area contributed by atoms with Crippen molar-refractivity contribution in [1.29, 1.82) is 0 Å². The van der Waals surface area contributed by atoms with Crippen molar-refractivity contribution < 1.29 is 13.3 Å². The molecule has 1 aromatic heterocycles. The summed E-state index contributed by atoms with van der Waals surface area (Å²) in [5.74, 6) is -0.0603. The highest BCUT2D eigenvalue weighted by Gasteiger charge is 2.19. The second-order valence-electron chi connectivity index (χ2n) is 5.05. The zero-order valence-electron chi connectivity index (χ0n) is 10.9. The van der Waals surface area contributed by atoms with Crippen LogP contribution in [0.3, 0.4) is 0 Å². The van der Waals surface area contributed by atoms with E-state index in [1.807, 2.05) is 0 Å². The van der Waals surface area contributed by atoms with Gasteiger partial charge >= 0.3 is 0 Å². The molecule has 1 aliphatic rings. The smallest absolute Gasteiger partial charge is 0.227 e. The Morgan fingerprint density at radius 1 is 1.35 bits per heavy atom. The molecule has 3 rings (SSSR count). The number of benzene rings is 1. The Bertz CT molecular complexity index is 594. The minimum atomic E-state index is -0.557. The van der Waals surface area contributed by atoms with Gasteiger partial charge in [0.25, 0.3) is 0 Å². The van der Waals surface area contributed by atoms with Gasteiger partial charge in [0.2, 0.25) is 11.7 Å². The van der Waals surface area contributed by atoms with E-state index in [-0.39, 0.29) is 11.4 Å². The topological polar surface area (TPSA) is 51.0 Å². The summed E-state index contributed by atoms with van der Waals surface area (Å²) in [5, 5.41) is 7.05. The molecule has 1 atom stereocenters. The van der Waals surface area contributed by atoms with Crippen LogP contribution < -0.4 is 5.32 Å². The lowest BCUT2D eigenvalue weighted by Gasteiger charge is -2.20. The van der Waals surface area contributed by atoms with Crippen molar-refractivity contribution in [3.63, 3.8) is 0 Å². The fourth-order valence-electron chi connectivity index (χ4n) is 2.46. The number of nitrogens with zero attached hydrogens (tertiary/aromatic N) is 2. The van der Waals surface area contributed by atoms with Gasteiger partial charge in [0.05, 0.1) is 5.56 Å². The Balaban J connectivity index is 1.77. The molecule has 0 amide bonds. The first-order valence-electron chi connectivity index (χ1n) is 6.71. The van der Waals surface area contributed by atoms with Crippen LogP contribution in [0.1, 0.15) is 18.7 Å². The standard InChI is InChI=1S/C14H15F2N3O/c15-10-3-4-12(16)11(7-10)14-18-13(20-19-14)6-9-2-1-5-17-8-9/h3-4,7,9,17H,1-2,5-6,8H2. The van der Waals surface area contributed by atoms with Gasteiger partial charge in [-0.25, -0.2) is 8.78 Å². The summed E-state index contributed by atoms with van der Waals surface area (Å²) in [6.45, 7) is 1.96. The highest BCUT2D eigenvalue weighted by Crippen LogP contribution is 2.22. The largest absolute Gasteiger partial charge is 0.339 e. The average molecular weight is 279 g/mol. The van der Waals surface area contributed by atoms with Crippen LogP contribution in [0.15, 0.2) is 22.7 Å². The zero-order chi connectivity index (χ0) is 13.9. The van der Waals surface area contributed by atoms with Crippen molar-refractivity contribution in [3.8, 4) is 11.4 Å². The van der Waals surface area contributed by atoms with Crippen molar-refractivity contribution in [2.45, 2.75) is 19.3 Å². The molecule has 0 radical (unpaired) electrons. The average Bonchev–Trinajstić information content (AvgIpc) is 2.91. The van der Waals surface area contributed by atoms with E-state index in [0.29, 0.717) is 18.2 Å². The molecule has 1 unspecified atom stereocenters. The minimum Gasteiger partial charge on any atom is -0.339 e. The third-order valence-corrected chi connectivity index (χ3v) is 3.50. The van der Waals surface area contributed by atoms with Crippen molar-refractivity contribution in [3.05, 3.63) is 35.7 Å². The van der Waals surface area contributed by atoms with Gasteiger partial charge in [-0.3, -0.25) is 0 Å². The number of rotatable bonds is 3. The van der Waals surface area contributed by atoms with E-state index in [0.717, 1.165) is 44.1 Å². The predicted molar refractivity (Wildman–Crippen MR) is 68.9 cm³/mol. The van der Waals surface area contributed by atoms with Crippen molar-refractivity contribution in [2.75, 3.05) is 13.1 Å². The van der Waals surface area contributed by atoms with Crippen LogP contribution in [0, 0.1) is 17.6 Å². The van der Waals surface area contributed by atoms with Gasteiger partial charge in [-0.05, 0) is 50.0 Å². The van der Waals surface area contributed by atoms with E-state index >= 15 is 0 Å². The number of hydrogen-bond acceptors (Lipinski definition) is 4. The van der Waals surface area contributed by atoms with E-state index in [4.69, 9.17) is 4.52 Å². The molecule has 1 saturated heterocycles. The third kappa shape index (κ3) is 2.85. The Morgan fingerprint density at radius 2 is 2.25 bits per heavy atom. The summed E-state index contributed by atoms with van der Waals surface area (Å²) in [6.07, 6.45) is 2.90. The van der Waals surface area contributed by atoms with Crippen LogP contribution in [-0.2, 0) is 6.42 Å². The molecule has 2 heterocycles. The Kier molecular flexibility index (Phi) is 3.73. The van der Waals surface area contributed by atoms with Crippen molar-refractivity contribution in [1.82, 2.24) is 15.5 Å². The number of hydrogen-bond donors (Lipinski definition) is 1. The van der Waals surface area contributed by atoms with E-state index in [1.54, 1.807) is 0 Å². The third-order valence-electron chi connectivity index (χ3n) is 3.50. The molecule has 0 spiro atoms. The fraction of sp³-hybridized carbons (Fsp3) is 0.429. The normalized spacial score (nSPS) is 19.2. The first kappa shape index (κ1) is 13.2. The molecule has 0 saturated carbocycles. The second kappa shape index (κ2) is 5.66. The second-order valence-corrected chi connectivity index (χ2v) is 5.05. The van der Waals surface area contributed by atoms with Crippen LogP contribution in [-0.4, -0.2) is 23.2 Å². The van der Waals surface area contributed by atoms with Crippen LogP contribution in [0.4, 0.5) is 8.78 Å². The quantitative estimate of drug-likeness (QED) is 0.938. The first-order chi connectivity index (χ1) is 9.72. The first-order valence-corrected chi connectivity index (χ1v) is 6.71. The van der Waals surface area contributed by atoms with Gasteiger partial charge in [0, 0.05) is 6.42 Å². The summed E-state index contributed by atoms with van der Waals surface area (Å²) in [4.78, 5) is 4.16. The summed E-state index contributed by atoms with van der Waals surface area (Å²) in [5.41, 5.74) is 0.0294. The zero-order valence-corrected chi connectivity index (χ0v) is 10.9. The highest BCUT2D eigenvalue weighted by molar-refractivity contribution is 5.55. The number of halogens is 2. The van der Waals surface area contributed by atoms with Crippen LogP contribution in [0.5, 0.6) is 0 Å². The summed E-state index contributed by atoms with van der Waals surface area (Å²) < 4.78 is 31.9. The molecule has 6 heteroatoms. The van der Waals surface area contributed by atoms with Gasteiger partial charge in [0.15, 0.2) is 0 Å². The van der Waals surface area contributed by atoms with Gasteiger partial charge < -0.3 is 9.84 Å². The lowest BCUT2D eigenvalue weighted by atomic mass is 9.96. The van der Waals surface area contributed by atoms with Crippen LogP contribution in [0.25, 0.3) is 11.4 Å². The fourth-order valence-corrected chi connectivity index (χ4v) is 2.46. The predicted octanol–water partition coefficient (Wildman–Crippen LogP) is 2.56. The Morgan fingerprint density at radius 3 is 3.05 bits per heavy atom. The lowest BCUT2D eigenvalue weighted by Crippen LogP contribution is -2.30. The van der Waals surface area contributed by atoms with Crippen molar-refractivity contribution >= 4 is 0 Å². The maximum absolute atomic E-state index is 13.6. The van der Waals surface area contributed by atoms with E-state index in [1.165, 1.54) is 0 Å². The molecule has 0 bridgehead atoms. The molecule has 1 fully saturated rings. The molecular weight excluding hydrogens is 264 g/mol. The molecular formula is C14H15F2N3O. The molecule has 1 aliphatic heterocycles. The van der Waals surface area contributed by atoms with Crippen LogP contribution in [0.2, 0.25) is 0 Å². The molecule has 2 aromatic rings. The summed E-state index contributed by atoms with van der Waals surface area (Å²) >= 11 is 0. The van der Waals surface area contributed by atoms with Crippen LogP contribution >= 0.6 is 0 Å². The van der Waals surface area contributed by atoms with Gasteiger partial charge in [-0.1, -0.05) is 5.16 Å². The van der Waals surface area contributed by atoms with E-state index in [2.05, 4.69) is 15.5 Å². The Hall–Kier alpha value is -1.82. The molecule has 1 aromatic carbocycles. The van der Waals surface area contributed by atoms with E-state index < -0.39 is 11.6 Å². The lowest BCUT2D eigenvalue weighted by molar-refractivity contribution is 0.316. The highest BCUT2D eigenvalue weighted by atomic mass is 19.1. The minimum absolute atomic E-state index is 0.0294. The summed E-state index contributed by atoms with van der Waals surface area (Å²) in [6, 6.07) is 3.20. The molecule has 4 nitrogen and oxygen atoms in total. The monoisotopic (exact) mass is 279 g/mol. The number of nitrogens with one attached hydrogen (secondary N) is 1. The molecule has 106 valence electrons. The summed E-state index contributed by atoms with van der Waals surface area (Å²) in [7, 11) is 0. The van der Waals surface area contributed by atoms with Gasteiger partial charge in [-0.15, -0.1) is 0 Å². The Labute approximate surface area is 115 Å². The van der Waals surface area contributed by atoms with Crippen molar-refractivity contribution in [2.24, 2.45) is 5.92 Å². The van der Waals surface area contributed by atoms with Gasteiger partial charge in [-0.2, -0.15) is 4.98 Å². The molecule has 20 heavy (non-hydrogen) atoms. The maximum Gasteiger partial charge on any atom is 0.227 e. The maximum atomic E-state index is 13.6. The number of piperidine rings is 1. The van der Waals surface area contributed by atoms with Gasteiger partial charge in [0.1, 0.15) is 11.6 Å². The molecule has 1 N–H and O–H groups in total. The SMILES string of the molecule is Fc1ccc(F)c(-c2noc(CC3CCCNC3)n2)c1. The molecule has 0 aliphatic carbocycles. The van der Waals surface area contributed by atoms with E-state index in [9.17, 15) is 8.78 Å². The number of aromatic nitrogens is 2.